The molecule has 1 aliphatic heterocycles. The molecule has 51 heavy (non-hydrogen) atoms. The molecular formula is C37H48N4O8S2. The maximum Gasteiger partial charge on any atom is 0.328 e. The van der Waals surface area contributed by atoms with Gasteiger partial charge in [0, 0.05) is 18.3 Å². The van der Waals surface area contributed by atoms with Crippen LogP contribution in [0.15, 0.2) is 82.6 Å². The molecule has 12 nitrogen and oxygen atoms in total. The Labute approximate surface area is 304 Å². The van der Waals surface area contributed by atoms with Gasteiger partial charge in [0.2, 0.25) is 15.9 Å². The minimum absolute atomic E-state index is 0.0220. The average Bonchev–Trinajstić information content (AvgIpc) is 3.21. The molecule has 2 amide bonds. The molecule has 0 fully saturated rings. The summed E-state index contributed by atoms with van der Waals surface area (Å²) in [6, 6.07) is 18.2. The van der Waals surface area contributed by atoms with Crippen LogP contribution in [0.3, 0.4) is 0 Å². The van der Waals surface area contributed by atoms with Crippen molar-refractivity contribution in [2.75, 3.05) is 24.3 Å². The van der Waals surface area contributed by atoms with Crippen LogP contribution >= 0.6 is 11.8 Å². The van der Waals surface area contributed by atoms with Crippen molar-refractivity contribution in [3.63, 3.8) is 0 Å². The summed E-state index contributed by atoms with van der Waals surface area (Å²) in [6.07, 6.45) is 5.29. The number of rotatable bonds is 17. The number of fused-ring (bicyclic) bond motifs is 1. The van der Waals surface area contributed by atoms with Crippen LogP contribution in [-0.4, -0.2) is 73.5 Å². The van der Waals surface area contributed by atoms with Gasteiger partial charge in [0.25, 0.3) is 5.91 Å². The maximum absolute atomic E-state index is 14.3. The minimum Gasteiger partial charge on any atom is -0.483 e. The van der Waals surface area contributed by atoms with Gasteiger partial charge >= 0.3 is 5.97 Å². The van der Waals surface area contributed by atoms with Crippen LogP contribution < -0.4 is 25.0 Å². The highest BCUT2D eigenvalue weighted by Crippen LogP contribution is 2.44. The molecule has 276 valence electrons. The van der Waals surface area contributed by atoms with E-state index < -0.39 is 58.1 Å². The van der Waals surface area contributed by atoms with Crippen LogP contribution in [-0.2, 0) is 24.4 Å². The maximum atomic E-state index is 14.3. The summed E-state index contributed by atoms with van der Waals surface area (Å²) < 4.78 is 37.6. The largest absolute Gasteiger partial charge is 0.483 e. The SMILES string of the molecule is CCCCC1(CCCC)CN(c2ccccc2)c2cc(SC)c(OCC(=O)NC(C(=O)NC(C(=O)O)C(C)O)c3ccccc3)cc2S(=O)(=O)N1. The van der Waals surface area contributed by atoms with E-state index >= 15 is 0 Å². The molecule has 0 spiro atoms. The van der Waals surface area contributed by atoms with Gasteiger partial charge in [-0.3, -0.25) is 9.59 Å². The van der Waals surface area contributed by atoms with Crippen LogP contribution in [0.4, 0.5) is 11.4 Å². The molecule has 3 atom stereocenters. The number of nitrogens with one attached hydrogen (secondary N) is 3. The zero-order valence-electron chi connectivity index (χ0n) is 29.4. The summed E-state index contributed by atoms with van der Waals surface area (Å²) in [5.74, 6) is -2.82. The molecule has 0 saturated carbocycles. The first kappa shape index (κ1) is 39.7. The Hall–Kier alpha value is -4.11. The quantitative estimate of drug-likeness (QED) is 0.117. The second kappa shape index (κ2) is 17.9. The number of aliphatic carboxylic acids is 1. The molecule has 5 N–H and O–H groups in total. The number of unbranched alkanes of at least 4 members (excludes halogenated alkanes) is 2. The second-order valence-corrected chi connectivity index (χ2v) is 15.2. The number of aliphatic hydroxyl groups is 1. The lowest BCUT2D eigenvalue weighted by Crippen LogP contribution is -2.53. The Bertz CT molecular complexity index is 1750. The molecule has 3 aromatic carbocycles. The van der Waals surface area contributed by atoms with Crippen LogP contribution in [0.1, 0.15) is 70.9 Å². The second-order valence-electron chi connectivity index (χ2n) is 12.8. The Balaban J connectivity index is 1.68. The molecule has 4 rings (SSSR count). The van der Waals surface area contributed by atoms with Crippen molar-refractivity contribution in [1.82, 2.24) is 15.4 Å². The van der Waals surface area contributed by atoms with Crippen LogP contribution in [0, 0.1) is 0 Å². The van der Waals surface area contributed by atoms with E-state index in [1.54, 1.807) is 36.4 Å². The van der Waals surface area contributed by atoms with E-state index in [1.807, 2.05) is 36.6 Å². The summed E-state index contributed by atoms with van der Waals surface area (Å²) in [5.41, 5.74) is 0.999. The number of hydrogen-bond acceptors (Lipinski definition) is 9. The Kier molecular flexibility index (Phi) is 13.9. The van der Waals surface area contributed by atoms with Gasteiger partial charge in [-0.15, -0.1) is 11.8 Å². The molecular weight excluding hydrogens is 693 g/mol. The first-order valence-corrected chi connectivity index (χ1v) is 19.8. The smallest absolute Gasteiger partial charge is 0.328 e. The van der Waals surface area contributed by atoms with Crippen molar-refractivity contribution in [3.8, 4) is 5.75 Å². The normalized spacial score (nSPS) is 16.5. The van der Waals surface area contributed by atoms with Gasteiger partial charge in [-0.25, -0.2) is 17.9 Å². The Morgan fingerprint density at radius 1 is 0.980 bits per heavy atom. The summed E-state index contributed by atoms with van der Waals surface area (Å²) in [6.45, 7) is 5.26. The van der Waals surface area contributed by atoms with Gasteiger partial charge in [-0.1, -0.05) is 88.1 Å². The summed E-state index contributed by atoms with van der Waals surface area (Å²) in [5, 5.41) is 24.3. The molecule has 0 saturated heterocycles. The predicted octanol–water partition coefficient (Wildman–Crippen LogP) is 5.14. The summed E-state index contributed by atoms with van der Waals surface area (Å²) >= 11 is 1.34. The highest BCUT2D eigenvalue weighted by Gasteiger charge is 2.42. The lowest BCUT2D eigenvalue weighted by Gasteiger charge is -2.37. The molecule has 1 aliphatic rings. The van der Waals surface area contributed by atoms with E-state index in [0.29, 0.717) is 35.5 Å². The number of carbonyl (C=O) groups excluding carboxylic acids is 2. The van der Waals surface area contributed by atoms with Gasteiger partial charge in [0.05, 0.1) is 22.2 Å². The number of carboxylic acid groups (broad SMARTS) is 1. The van der Waals surface area contributed by atoms with Gasteiger partial charge in [-0.2, -0.15) is 0 Å². The van der Waals surface area contributed by atoms with Gasteiger partial charge in [0.1, 0.15) is 16.7 Å². The van der Waals surface area contributed by atoms with Crippen LogP contribution in [0.25, 0.3) is 0 Å². The van der Waals surface area contributed by atoms with Crippen LogP contribution in [0.5, 0.6) is 5.75 Å². The fourth-order valence-corrected chi connectivity index (χ4v) is 8.36. The summed E-state index contributed by atoms with van der Waals surface area (Å²) in [7, 11) is -4.07. The highest BCUT2D eigenvalue weighted by molar-refractivity contribution is 7.98. The number of carbonyl (C=O) groups is 3. The minimum atomic E-state index is -4.07. The number of benzene rings is 3. The third-order valence-electron chi connectivity index (χ3n) is 8.83. The molecule has 1 heterocycles. The first-order chi connectivity index (χ1) is 24.3. The van der Waals surface area contributed by atoms with Gasteiger partial charge < -0.3 is 30.5 Å². The third kappa shape index (κ3) is 10.0. The molecule has 3 aromatic rings. The number of carboxylic acids is 1. The number of nitrogens with zero attached hydrogens (tertiary/aromatic N) is 1. The first-order valence-electron chi connectivity index (χ1n) is 17.1. The molecule has 14 heteroatoms. The van der Waals surface area contributed by atoms with E-state index in [9.17, 15) is 33.0 Å². The van der Waals surface area contributed by atoms with E-state index in [-0.39, 0.29) is 10.6 Å². The van der Waals surface area contributed by atoms with Crippen molar-refractivity contribution < 1.29 is 37.8 Å². The molecule has 3 unspecified atom stereocenters. The average molecular weight is 741 g/mol. The van der Waals surface area contributed by atoms with Crippen molar-refractivity contribution in [3.05, 3.63) is 78.4 Å². The molecule has 0 radical (unpaired) electrons. The highest BCUT2D eigenvalue weighted by atomic mass is 32.2. The number of ether oxygens (including phenoxy) is 1. The zero-order chi connectivity index (χ0) is 37.2. The van der Waals surface area contributed by atoms with Crippen molar-refractivity contribution in [2.24, 2.45) is 0 Å². The Morgan fingerprint density at radius 3 is 2.14 bits per heavy atom. The van der Waals surface area contributed by atoms with E-state index in [4.69, 9.17) is 4.74 Å². The number of sulfonamides is 1. The van der Waals surface area contributed by atoms with E-state index in [2.05, 4.69) is 34.1 Å². The van der Waals surface area contributed by atoms with E-state index in [0.717, 1.165) is 31.4 Å². The number of anilines is 2. The summed E-state index contributed by atoms with van der Waals surface area (Å²) in [4.78, 5) is 40.9. The molecule has 0 aromatic heterocycles. The van der Waals surface area contributed by atoms with E-state index in [1.165, 1.54) is 24.8 Å². The number of para-hydroxylation sites is 1. The van der Waals surface area contributed by atoms with Crippen molar-refractivity contribution in [1.29, 1.82) is 0 Å². The van der Waals surface area contributed by atoms with Crippen molar-refractivity contribution >= 4 is 50.9 Å². The topological polar surface area (TPSA) is 174 Å². The molecule has 0 bridgehead atoms. The van der Waals surface area contributed by atoms with Gasteiger partial charge in [0.15, 0.2) is 12.6 Å². The number of aliphatic hydroxyl groups excluding tert-OH is 1. The van der Waals surface area contributed by atoms with Gasteiger partial charge in [-0.05, 0) is 49.8 Å². The fourth-order valence-electron chi connectivity index (χ4n) is 6.16. The third-order valence-corrected chi connectivity index (χ3v) is 11.2. The number of hydrogen-bond donors (Lipinski definition) is 5. The lowest BCUT2D eigenvalue weighted by atomic mass is 9.87. The fraction of sp³-hybridized carbons (Fsp3) is 0.432. The number of amides is 2. The van der Waals surface area contributed by atoms with Crippen molar-refractivity contribution in [2.45, 2.75) is 92.8 Å². The van der Waals surface area contributed by atoms with Crippen LogP contribution in [0.2, 0.25) is 0 Å². The Morgan fingerprint density at radius 2 is 1.59 bits per heavy atom. The standard InChI is InChI=1S/C37H48N4O8S2/c1-5-7-19-37(20-8-6-2)24-41(27-17-13-10-14-18-27)28-21-30(50-4)29(22-31(28)51(47,48)40-37)49-23-32(43)38-34(26-15-11-9-12-16-26)35(44)39-33(25(3)42)36(45)46/h9-18,21-22,25,33-34,40,42H,5-8,19-20,23-24H2,1-4H3,(H,38,43)(H,39,44)(H,45,46). The lowest BCUT2D eigenvalue weighted by molar-refractivity contribution is -0.145. The predicted molar refractivity (Wildman–Crippen MR) is 198 cm³/mol. The number of thioether (sulfide) groups is 1. The monoisotopic (exact) mass is 740 g/mol. The zero-order valence-corrected chi connectivity index (χ0v) is 31.1. The molecule has 0 aliphatic carbocycles.